The summed E-state index contributed by atoms with van der Waals surface area (Å²) in [6.45, 7) is 5.96. The molecule has 0 aromatic heterocycles. The summed E-state index contributed by atoms with van der Waals surface area (Å²) in [7, 11) is 0. The third-order valence-corrected chi connectivity index (χ3v) is 2.07. The van der Waals surface area contributed by atoms with Crippen LogP contribution in [0, 0.1) is 18.3 Å². The summed E-state index contributed by atoms with van der Waals surface area (Å²) in [6.07, 6.45) is 0. The van der Waals surface area contributed by atoms with Crippen LogP contribution >= 0.6 is 0 Å². The van der Waals surface area contributed by atoms with Gasteiger partial charge in [0, 0.05) is 0 Å². The van der Waals surface area contributed by atoms with Crippen LogP contribution in [0.15, 0.2) is 12.1 Å². The van der Waals surface area contributed by atoms with Gasteiger partial charge in [-0.25, -0.2) is 0 Å². The summed E-state index contributed by atoms with van der Waals surface area (Å²) in [4.78, 5) is 0. The van der Waals surface area contributed by atoms with E-state index in [4.69, 9.17) is 5.26 Å². The van der Waals surface area contributed by atoms with E-state index in [2.05, 4.69) is 0 Å². The van der Waals surface area contributed by atoms with E-state index in [-0.39, 0.29) is 11.7 Å². The highest BCUT2D eigenvalue weighted by molar-refractivity contribution is 5.47. The van der Waals surface area contributed by atoms with Crippen molar-refractivity contribution in [3.63, 3.8) is 0 Å². The summed E-state index contributed by atoms with van der Waals surface area (Å²) in [5, 5.41) is 18.3. The molecule has 0 saturated heterocycles. The minimum Gasteiger partial charge on any atom is -0.508 e. The van der Waals surface area contributed by atoms with E-state index < -0.39 is 0 Å². The zero-order chi connectivity index (χ0) is 10.0. The lowest BCUT2D eigenvalue weighted by atomic mass is 9.95. The van der Waals surface area contributed by atoms with Gasteiger partial charge in [-0.1, -0.05) is 13.8 Å². The third-order valence-electron chi connectivity index (χ3n) is 2.07. The normalized spacial score (nSPS) is 10.1. The van der Waals surface area contributed by atoms with Crippen LogP contribution in [-0.4, -0.2) is 5.11 Å². The van der Waals surface area contributed by atoms with Crippen molar-refractivity contribution < 1.29 is 5.11 Å². The van der Waals surface area contributed by atoms with Crippen LogP contribution in [0.1, 0.15) is 36.5 Å². The Morgan fingerprint density at radius 3 is 2.38 bits per heavy atom. The van der Waals surface area contributed by atoms with E-state index >= 15 is 0 Å². The number of hydrogen-bond donors (Lipinski definition) is 1. The Morgan fingerprint density at radius 2 is 2.00 bits per heavy atom. The number of rotatable bonds is 1. The predicted molar refractivity (Wildman–Crippen MR) is 51.6 cm³/mol. The molecule has 2 nitrogen and oxygen atoms in total. The fraction of sp³-hybridized carbons (Fsp3) is 0.364. The van der Waals surface area contributed by atoms with Crippen LogP contribution in [0.4, 0.5) is 0 Å². The van der Waals surface area contributed by atoms with Crippen LogP contribution in [0.25, 0.3) is 0 Å². The van der Waals surface area contributed by atoms with Crippen LogP contribution < -0.4 is 0 Å². The SMILES string of the molecule is Cc1cc(C#N)cc(O)c1C(C)C. The fourth-order valence-electron chi connectivity index (χ4n) is 1.60. The van der Waals surface area contributed by atoms with E-state index in [0.29, 0.717) is 5.56 Å². The zero-order valence-electron chi connectivity index (χ0n) is 8.13. The van der Waals surface area contributed by atoms with Gasteiger partial charge in [0.2, 0.25) is 0 Å². The molecule has 0 fully saturated rings. The predicted octanol–water partition coefficient (Wildman–Crippen LogP) is 2.70. The summed E-state index contributed by atoms with van der Waals surface area (Å²) in [6, 6.07) is 5.33. The highest BCUT2D eigenvalue weighted by Crippen LogP contribution is 2.29. The van der Waals surface area contributed by atoms with Crippen molar-refractivity contribution in [2.24, 2.45) is 0 Å². The lowest BCUT2D eigenvalue weighted by Gasteiger charge is -2.11. The summed E-state index contributed by atoms with van der Waals surface area (Å²) in [5.74, 6) is 0.513. The molecule has 13 heavy (non-hydrogen) atoms. The summed E-state index contributed by atoms with van der Waals surface area (Å²) < 4.78 is 0. The number of phenols is 1. The number of nitriles is 1. The Balaban J connectivity index is 3.33. The molecule has 0 saturated carbocycles. The van der Waals surface area contributed by atoms with E-state index in [1.807, 2.05) is 26.8 Å². The Bertz CT molecular complexity index is 338. The van der Waals surface area contributed by atoms with Gasteiger partial charge >= 0.3 is 0 Å². The van der Waals surface area contributed by atoms with Gasteiger partial charge < -0.3 is 5.11 Å². The molecule has 1 N–H and O–H groups in total. The van der Waals surface area contributed by atoms with Crippen LogP contribution in [-0.2, 0) is 0 Å². The molecule has 0 spiro atoms. The second-order valence-electron chi connectivity index (χ2n) is 3.49. The number of benzene rings is 1. The monoisotopic (exact) mass is 175 g/mol. The molecule has 0 aliphatic rings. The molecule has 0 heterocycles. The van der Waals surface area contributed by atoms with Gasteiger partial charge in [0.25, 0.3) is 0 Å². The molecule has 1 rings (SSSR count). The second-order valence-corrected chi connectivity index (χ2v) is 3.49. The lowest BCUT2D eigenvalue weighted by Crippen LogP contribution is -1.93. The highest BCUT2D eigenvalue weighted by Gasteiger charge is 2.10. The van der Waals surface area contributed by atoms with E-state index in [0.717, 1.165) is 11.1 Å². The van der Waals surface area contributed by atoms with E-state index in [1.165, 1.54) is 6.07 Å². The molecule has 2 heteroatoms. The number of hydrogen-bond acceptors (Lipinski definition) is 2. The molecule has 0 bridgehead atoms. The number of aromatic hydroxyl groups is 1. The minimum absolute atomic E-state index is 0.228. The van der Waals surface area contributed by atoms with Crippen molar-refractivity contribution in [3.8, 4) is 11.8 Å². The second kappa shape index (κ2) is 3.49. The Morgan fingerprint density at radius 1 is 1.38 bits per heavy atom. The Labute approximate surface area is 78.4 Å². The molecule has 1 aromatic carbocycles. The maximum atomic E-state index is 9.62. The van der Waals surface area contributed by atoms with Gasteiger partial charge in [0.15, 0.2) is 0 Å². The summed E-state index contributed by atoms with van der Waals surface area (Å²) in [5.41, 5.74) is 2.42. The molecule has 0 radical (unpaired) electrons. The Hall–Kier alpha value is -1.49. The van der Waals surface area contributed by atoms with Gasteiger partial charge in [-0.15, -0.1) is 0 Å². The lowest BCUT2D eigenvalue weighted by molar-refractivity contribution is 0.464. The van der Waals surface area contributed by atoms with Crippen LogP contribution in [0.2, 0.25) is 0 Å². The zero-order valence-corrected chi connectivity index (χ0v) is 8.13. The highest BCUT2D eigenvalue weighted by atomic mass is 16.3. The smallest absolute Gasteiger partial charge is 0.120 e. The molecule has 1 aromatic rings. The van der Waals surface area contributed by atoms with Gasteiger partial charge in [-0.2, -0.15) is 5.26 Å². The van der Waals surface area contributed by atoms with Crippen molar-refractivity contribution in [1.29, 1.82) is 5.26 Å². The van der Waals surface area contributed by atoms with Crippen molar-refractivity contribution >= 4 is 0 Å². The van der Waals surface area contributed by atoms with Crippen molar-refractivity contribution in [1.82, 2.24) is 0 Å². The summed E-state index contributed by atoms with van der Waals surface area (Å²) >= 11 is 0. The number of aryl methyl sites for hydroxylation is 1. The molecular formula is C11H13NO. The molecule has 0 atom stereocenters. The molecular weight excluding hydrogens is 162 g/mol. The van der Waals surface area contributed by atoms with E-state index in [9.17, 15) is 5.11 Å². The first-order chi connectivity index (χ1) is 6.06. The molecule has 0 aliphatic heterocycles. The van der Waals surface area contributed by atoms with Gasteiger partial charge in [0.05, 0.1) is 11.6 Å². The van der Waals surface area contributed by atoms with Crippen molar-refractivity contribution in [2.45, 2.75) is 26.7 Å². The maximum Gasteiger partial charge on any atom is 0.120 e. The quantitative estimate of drug-likeness (QED) is 0.713. The first-order valence-electron chi connectivity index (χ1n) is 4.30. The molecule has 0 unspecified atom stereocenters. The fourth-order valence-corrected chi connectivity index (χ4v) is 1.60. The van der Waals surface area contributed by atoms with Crippen molar-refractivity contribution in [3.05, 3.63) is 28.8 Å². The van der Waals surface area contributed by atoms with Crippen molar-refractivity contribution in [2.75, 3.05) is 0 Å². The van der Waals surface area contributed by atoms with Gasteiger partial charge in [-0.05, 0) is 36.1 Å². The first kappa shape index (κ1) is 9.60. The first-order valence-corrected chi connectivity index (χ1v) is 4.30. The Kier molecular flexibility index (Phi) is 2.57. The maximum absolute atomic E-state index is 9.62. The minimum atomic E-state index is 0.228. The average Bonchev–Trinajstić information content (AvgIpc) is 2.02. The average molecular weight is 175 g/mol. The third kappa shape index (κ3) is 1.81. The standard InChI is InChI=1S/C11H13NO/c1-7(2)11-8(3)4-9(6-12)5-10(11)13/h4-5,7,13H,1-3H3. The topological polar surface area (TPSA) is 44.0 Å². The van der Waals surface area contributed by atoms with E-state index in [1.54, 1.807) is 6.07 Å². The van der Waals surface area contributed by atoms with Crippen LogP contribution in [0.3, 0.4) is 0 Å². The molecule has 0 aliphatic carbocycles. The largest absolute Gasteiger partial charge is 0.508 e. The van der Waals surface area contributed by atoms with Gasteiger partial charge in [-0.3, -0.25) is 0 Å². The number of nitrogens with zero attached hydrogens (tertiary/aromatic N) is 1. The molecule has 68 valence electrons. The molecule has 0 amide bonds. The number of phenolic OH excluding ortho intramolecular Hbond substituents is 1. The van der Waals surface area contributed by atoms with Gasteiger partial charge in [0.1, 0.15) is 5.75 Å². The van der Waals surface area contributed by atoms with Crippen LogP contribution in [0.5, 0.6) is 5.75 Å².